The molecule has 0 bridgehead atoms. The van der Waals surface area contributed by atoms with Crippen molar-refractivity contribution in [2.24, 2.45) is 7.05 Å². The lowest BCUT2D eigenvalue weighted by molar-refractivity contribution is 0.553. The van der Waals surface area contributed by atoms with Gasteiger partial charge in [0, 0.05) is 7.05 Å². The van der Waals surface area contributed by atoms with E-state index < -0.39 is 16.1 Å². The third kappa shape index (κ3) is 3.17. The average molecular weight is 330 g/mol. The topological polar surface area (TPSA) is 103 Å². The lowest BCUT2D eigenvalue weighted by atomic mass is 10.2. The summed E-state index contributed by atoms with van der Waals surface area (Å²) < 4.78 is 29.0. The van der Waals surface area contributed by atoms with Crippen molar-refractivity contribution in [3.63, 3.8) is 0 Å². The van der Waals surface area contributed by atoms with Crippen LogP contribution in [0.2, 0.25) is 5.02 Å². The number of sulfonamides is 1. The monoisotopic (exact) mass is 329 g/mol. The van der Waals surface area contributed by atoms with Crippen LogP contribution in [0.4, 0.5) is 5.69 Å². The van der Waals surface area contributed by atoms with Gasteiger partial charge in [-0.1, -0.05) is 11.6 Å². The van der Waals surface area contributed by atoms with E-state index in [-0.39, 0.29) is 10.6 Å². The first-order valence-electron chi connectivity index (χ1n) is 6.14. The third-order valence-electron chi connectivity index (χ3n) is 3.03. The predicted molar refractivity (Wildman–Crippen MR) is 80.3 cm³/mol. The van der Waals surface area contributed by atoms with Gasteiger partial charge in [0.1, 0.15) is 12.2 Å². The van der Waals surface area contributed by atoms with Crippen LogP contribution in [0.3, 0.4) is 0 Å². The zero-order valence-electron chi connectivity index (χ0n) is 11.8. The van der Waals surface area contributed by atoms with Crippen molar-refractivity contribution in [1.29, 1.82) is 0 Å². The van der Waals surface area contributed by atoms with Crippen LogP contribution in [0.1, 0.15) is 24.4 Å². The van der Waals surface area contributed by atoms with Crippen LogP contribution in [0, 0.1) is 6.92 Å². The summed E-state index contributed by atoms with van der Waals surface area (Å²) in [5.41, 5.74) is 6.54. The summed E-state index contributed by atoms with van der Waals surface area (Å²) in [7, 11) is -1.99. The number of nitrogens with two attached hydrogens (primary N) is 1. The highest BCUT2D eigenvalue weighted by Crippen LogP contribution is 2.27. The second-order valence-corrected chi connectivity index (χ2v) is 6.88. The molecule has 1 aromatic heterocycles. The van der Waals surface area contributed by atoms with E-state index >= 15 is 0 Å². The molecule has 1 unspecified atom stereocenters. The first kappa shape index (κ1) is 15.7. The minimum Gasteiger partial charge on any atom is -0.397 e. The van der Waals surface area contributed by atoms with Crippen LogP contribution in [0.5, 0.6) is 0 Å². The Hall–Kier alpha value is -1.64. The van der Waals surface area contributed by atoms with Gasteiger partial charge in [-0.25, -0.2) is 13.1 Å². The number of hydrogen-bond donors (Lipinski definition) is 2. The van der Waals surface area contributed by atoms with Crippen LogP contribution in [-0.2, 0) is 17.1 Å². The van der Waals surface area contributed by atoms with E-state index in [1.54, 1.807) is 25.5 Å². The van der Waals surface area contributed by atoms with Crippen molar-refractivity contribution >= 4 is 27.3 Å². The Kier molecular flexibility index (Phi) is 4.22. The molecule has 2 aromatic rings. The second-order valence-electron chi connectivity index (χ2n) is 4.79. The maximum Gasteiger partial charge on any atom is 0.241 e. The van der Waals surface area contributed by atoms with Crippen molar-refractivity contribution in [3.8, 4) is 0 Å². The molecule has 9 heteroatoms. The Morgan fingerprint density at radius 3 is 2.62 bits per heavy atom. The molecule has 0 radical (unpaired) electrons. The number of hydrogen-bond acceptors (Lipinski definition) is 5. The van der Waals surface area contributed by atoms with E-state index in [2.05, 4.69) is 14.9 Å². The van der Waals surface area contributed by atoms with E-state index in [4.69, 9.17) is 17.3 Å². The molecule has 7 nitrogen and oxygen atoms in total. The molecule has 1 heterocycles. The summed E-state index contributed by atoms with van der Waals surface area (Å²) in [6.07, 6.45) is 1.50. The Labute approximate surface area is 128 Å². The Morgan fingerprint density at radius 1 is 1.43 bits per heavy atom. The molecule has 0 amide bonds. The number of nitrogens with one attached hydrogen (secondary N) is 1. The minimum absolute atomic E-state index is 0.0657. The number of halogens is 1. The molecule has 21 heavy (non-hydrogen) atoms. The van der Waals surface area contributed by atoms with Gasteiger partial charge in [-0.15, -0.1) is 10.2 Å². The Balaban J connectivity index is 2.33. The van der Waals surface area contributed by atoms with E-state index in [1.807, 2.05) is 0 Å². The average Bonchev–Trinajstić information content (AvgIpc) is 2.81. The molecule has 114 valence electrons. The fraction of sp³-hybridized carbons (Fsp3) is 0.333. The lowest BCUT2D eigenvalue weighted by Gasteiger charge is -2.14. The molecule has 1 aromatic carbocycles. The van der Waals surface area contributed by atoms with Gasteiger partial charge in [-0.3, -0.25) is 0 Å². The quantitative estimate of drug-likeness (QED) is 0.825. The lowest BCUT2D eigenvalue weighted by Crippen LogP contribution is -2.28. The number of rotatable bonds is 4. The molecule has 0 saturated carbocycles. The summed E-state index contributed by atoms with van der Waals surface area (Å²) in [5, 5.41) is 7.97. The standard InChI is InChI=1S/C12H16ClN5O2S/c1-7-4-9(5-10(14)11(7)13)21(19,20)17-8(2)12-16-15-6-18(12)3/h4-6,8,17H,14H2,1-3H3. The first-order valence-corrected chi connectivity index (χ1v) is 8.00. The van der Waals surface area contributed by atoms with Crippen molar-refractivity contribution in [3.05, 3.63) is 34.9 Å². The normalized spacial score (nSPS) is 13.3. The predicted octanol–water partition coefficient (Wildman–Crippen LogP) is 1.40. The maximum atomic E-state index is 12.4. The summed E-state index contributed by atoms with van der Waals surface area (Å²) in [6.45, 7) is 3.39. The third-order valence-corrected chi connectivity index (χ3v) is 5.07. The van der Waals surface area contributed by atoms with E-state index in [0.29, 0.717) is 16.4 Å². The molecule has 0 aliphatic rings. The van der Waals surface area contributed by atoms with Crippen molar-refractivity contribution in [1.82, 2.24) is 19.5 Å². The number of benzene rings is 1. The van der Waals surface area contributed by atoms with E-state index in [0.717, 1.165) is 0 Å². The SMILES string of the molecule is Cc1cc(S(=O)(=O)NC(C)c2nncn2C)cc(N)c1Cl. The Bertz CT molecular complexity index is 749. The smallest absolute Gasteiger partial charge is 0.241 e. The fourth-order valence-corrected chi connectivity index (χ4v) is 3.39. The van der Waals surface area contributed by atoms with Crippen LogP contribution in [0.25, 0.3) is 0 Å². The molecule has 0 spiro atoms. The maximum absolute atomic E-state index is 12.4. The molecule has 1 atom stereocenters. The summed E-state index contributed by atoms with van der Waals surface area (Å²) in [5.74, 6) is 0.511. The van der Waals surface area contributed by atoms with Gasteiger partial charge in [-0.2, -0.15) is 0 Å². The van der Waals surface area contributed by atoms with Gasteiger partial charge in [0.05, 0.1) is 21.6 Å². The van der Waals surface area contributed by atoms with Gasteiger partial charge in [0.25, 0.3) is 0 Å². The number of nitrogens with zero attached hydrogens (tertiary/aromatic N) is 3. The van der Waals surface area contributed by atoms with E-state index in [9.17, 15) is 8.42 Å². The van der Waals surface area contributed by atoms with Gasteiger partial charge in [0.2, 0.25) is 10.0 Å². The summed E-state index contributed by atoms with van der Waals surface area (Å²) >= 11 is 5.95. The van der Waals surface area contributed by atoms with Gasteiger partial charge in [-0.05, 0) is 31.5 Å². The first-order chi connectivity index (χ1) is 9.72. The molecule has 0 aliphatic carbocycles. The minimum atomic E-state index is -3.73. The number of anilines is 1. The van der Waals surface area contributed by atoms with Crippen molar-refractivity contribution in [2.75, 3.05) is 5.73 Å². The van der Waals surface area contributed by atoms with Crippen LogP contribution in [0.15, 0.2) is 23.4 Å². The fourth-order valence-electron chi connectivity index (χ4n) is 1.96. The zero-order chi connectivity index (χ0) is 15.8. The van der Waals surface area contributed by atoms with Gasteiger partial charge in [0.15, 0.2) is 0 Å². The molecule has 3 N–H and O–H groups in total. The molecular formula is C12H16ClN5O2S. The van der Waals surface area contributed by atoms with Gasteiger partial charge >= 0.3 is 0 Å². The van der Waals surface area contributed by atoms with Gasteiger partial charge < -0.3 is 10.3 Å². The van der Waals surface area contributed by atoms with Crippen molar-refractivity contribution < 1.29 is 8.42 Å². The largest absolute Gasteiger partial charge is 0.397 e. The highest BCUT2D eigenvalue weighted by molar-refractivity contribution is 7.89. The zero-order valence-corrected chi connectivity index (χ0v) is 13.4. The highest BCUT2D eigenvalue weighted by atomic mass is 35.5. The van der Waals surface area contributed by atoms with E-state index in [1.165, 1.54) is 18.5 Å². The second kappa shape index (κ2) is 5.63. The highest BCUT2D eigenvalue weighted by Gasteiger charge is 2.22. The van der Waals surface area contributed by atoms with Crippen LogP contribution >= 0.6 is 11.6 Å². The number of nitrogen functional groups attached to an aromatic ring is 1. The molecule has 2 rings (SSSR count). The summed E-state index contributed by atoms with van der Waals surface area (Å²) in [6, 6.07) is 2.28. The Morgan fingerprint density at radius 2 is 2.10 bits per heavy atom. The number of aryl methyl sites for hydroxylation is 2. The molecule has 0 aliphatic heterocycles. The number of aromatic nitrogens is 3. The van der Waals surface area contributed by atoms with Crippen LogP contribution < -0.4 is 10.5 Å². The van der Waals surface area contributed by atoms with Crippen LogP contribution in [-0.4, -0.2) is 23.2 Å². The molecule has 0 saturated heterocycles. The summed E-state index contributed by atoms with van der Waals surface area (Å²) in [4.78, 5) is 0.0657. The molecule has 0 fully saturated rings. The molecular weight excluding hydrogens is 314 g/mol. The van der Waals surface area contributed by atoms with Crippen molar-refractivity contribution in [2.45, 2.75) is 24.8 Å².